The van der Waals surface area contributed by atoms with Crippen LogP contribution in [0.2, 0.25) is 0 Å². The van der Waals surface area contributed by atoms with Gasteiger partial charge in [0.2, 0.25) is 5.89 Å². The molecule has 2 aromatic heterocycles. The number of pyridine rings is 1. The van der Waals surface area contributed by atoms with E-state index in [1.807, 2.05) is 36.4 Å². The van der Waals surface area contributed by atoms with Crippen LogP contribution in [0.4, 0.5) is 5.69 Å². The molecule has 19 heavy (non-hydrogen) atoms. The Balaban J connectivity index is 2.03. The summed E-state index contributed by atoms with van der Waals surface area (Å²) >= 11 is 4.81. The summed E-state index contributed by atoms with van der Waals surface area (Å²) < 4.78 is 5.65. The number of nitrogens with one attached hydrogen (secondary N) is 1. The first-order valence-corrected chi connectivity index (χ1v) is 6.02. The molecule has 0 atom stereocenters. The summed E-state index contributed by atoms with van der Waals surface area (Å²) in [5.74, 6) is 0.514. The van der Waals surface area contributed by atoms with Gasteiger partial charge in [-0.15, -0.1) is 0 Å². The number of thiocarbonyl (C=S) groups is 1. The highest BCUT2D eigenvalue weighted by Gasteiger charge is 2.09. The van der Waals surface area contributed by atoms with Gasteiger partial charge in [-0.25, -0.2) is 4.98 Å². The Labute approximate surface area is 114 Å². The van der Waals surface area contributed by atoms with E-state index in [2.05, 4.69) is 15.3 Å². The third-order valence-electron chi connectivity index (χ3n) is 2.54. The summed E-state index contributed by atoms with van der Waals surface area (Å²) in [5.41, 5.74) is 8.32. The minimum absolute atomic E-state index is 0.219. The number of nitrogens with two attached hydrogens (primary N) is 1. The topological polar surface area (TPSA) is 77.0 Å². The molecular formula is C13H10N4OS. The second-order valence-corrected chi connectivity index (χ2v) is 4.35. The minimum atomic E-state index is 0.219. The summed E-state index contributed by atoms with van der Waals surface area (Å²) in [6.45, 7) is 0. The molecule has 0 amide bonds. The third-order valence-corrected chi connectivity index (χ3v) is 2.64. The highest BCUT2D eigenvalue weighted by molar-refractivity contribution is 7.80. The second kappa shape index (κ2) is 4.66. The summed E-state index contributed by atoms with van der Waals surface area (Å²) in [7, 11) is 0. The van der Waals surface area contributed by atoms with Gasteiger partial charge in [-0.3, -0.25) is 0 Å². The number of aromatic nitrogens is 2. The van der Waals surface area contributed by atoms with Crippen LogP contribution in [0.5, 0.6) is 0 Å². The molecule has 3 aromatic rings. The lowest BCUT2D eigenvalue weighted by Crippen LogP contribution is -2.18. The standard InChI is InChI=1S/C13H10N4OS/c14-13(19)16-9-4-1-3-8(7-9)12-17-11-10(18-12)5-2-6-15-11/h1-7H,(H3,14,16,19). The van der Waals surface area contributed by atoms with E-state index in [9.17, 15) is 0 Å². The number of fused-ring (bicyclic) bond motifs is 1. The zero-order valence-electron chi connectivity index (χ0n) is 9.83. The van der Waals surface area contributed by atoms with Gasteiger partial charge in [-0.05, 0) is 42.5 Å². The average molecular weight is 270 g/mol. The van der Waals surface area contributed by atoms with Crippen LogP contribution in [0, 0.1) is 0 Å². The molecule has 0 aliphatic carbocycles. The number of benzene rings is 1. The molecule has 0 fully saturated rings. The smallest absolute Gasteiger partial charge is 0.228 e. The van der Waals surface area contributed by atoms with Crippen molar-refractivity contribution in [3.05, 3.63) is 42.6 Å². The Morgan fingerprint density at radius 3 is 2.95 bits per heavy atom. The van der Waals surface area contributed by atoms with E-state index in [1.165, 1.54) is 0 Å². The van der Waals surface area contributed by atoms with Crippen molar-refractivity contribution in [2.75, 3.05) is 5.32 Å². The minimum Gasteiger partial charge on any atom is -0.434 e. The largest absolute Gasteiger partial charge is 0.434 e. The Kier molecular flexibility index (Phi) is 2.85. The average Bonchev–Trinajstić information content (AvgIpc) is 2.82. The van der Waals surface area contributed by atoms with Gasteiger partial charge >= 0.3 is 0 Å². The Morgan fingerprint density at radius 2 is 2.16 bits per heavy atom. The van der Waals surface area contributed by atoms with E-state index in [4.69, 9.17) is 22.4 Å². The molecule has 1 aromatic carbocycles. The maximum absolute atomic E-state index is 5.65. The van der Waals surface area contributed by atoms with Crippen molar-refractivity contribution in [3.63, 3.8) is 0 Å². The fraction of sp³-hybridized carbons (Fsp3) is 0. The molecule has 3 rings (SSSR count). The lowest BCUT2D eigenvalue weighted by Gasteiger charge is -2.04. The summed E-state index contributed by atoms with van der Waals surface area (Å²) in [6.07, 6.45) is 1.68. The molecule has 5 nitrogen and oxygen atoms in total. The van der Waals surface area contributed by atoms with Crippen LogP contribution in [0.25, 0.3) is 22.7 Å². The summed E-state index contributed by atoms with van der Waals surface area (Å²) in [6, 6.07) is 11.1. The number of oxazole rings is 1. The van der Waals surface area contributed by atoms with Crippen LogP contribution >= 0.6 is 12.2 Å². The molecule has 0 bridgehead atoms. The molecule has 2 heterocycles. The predicted molar refractivity (Wildman–Crippen MR) is 77.6 cm³/mol. The molecule has 3 N–H and O–H groups in total. The van der Waals surface area contributed by atoms with Gasteiger partial charge in [0.25, 0.3) is 0 Å². The zero-order chi connectivity index (χ0) is 13.2. The van der Waals surface area contributed by atoms with E-state index in [1.54, 1.807) is 6.20 Å². The molecule has 0 aliphatic rings. The van der Waals surface area contributed by atoms with Crippen molar-refractivity contribution in [1.29, 1.82) is 0 Å². The monoisotopic (exact) mass is 270 g/mol. The number of hydrogen-bond acceptors (Lipinski definition) is 4. The number of anilines is 1. The van der Waals surface area contributed by atoms with Crippen molar-refractivity contribution < 1.29 is 4.42 Å². The Bertz CT molecular complexity index is 720. The van der Waals surface area contributed by atoms with Gasteiger partial charge in [0.05, 0.1) is 0 Å². The number of nitrogens with zero attached hydrogens (tertiary/aromatic N) is 2. The lowest BCUT2D eigenvalue weighted by atomic mass is 10.2. The molecule has 0 spiro atoms. The van der Waals surface area contributed by atoms with Crippen molar-refractivity contribution in [2.24, 2.45) is 5.73 Å². The first-order chi connectivity index (χ1) is 9.22. The van der Waals surface area contributed by atoms with E-state index in [0.29, 0.717) is 17.1 Å². The van der Waals surface area contributed by atoms with E-state index < -0.39 is 0 Å². The van der Waals surface area contributed by atoms with Crippen molar-refractivity contribution in [1.82, 2.24) is 9.97 Å². The van der Waals surface area contributed by atoms with Crippen LogP contribution in [0.3, 0.4) is 0 Å². The number of hydrogen-bond donors (Lipinski definition) is 2. The quantitative estimate of drug-likeness (QED) is 0.697. The van der Waals surface area contributed by atoms with Crippen LogP contribution in [0.15, 0.2) is 47.0 Å². The summed E-state index contributed by atoms with van der Waals surface area (Å²) in [5, 5.41) is 3.09. The normalized spacial score (nSPS) is 10.5. The van der Waals surface area contributed by atoms with Crippen LogP contribution in [-0.4, -0.2) is 15.1 Å². The second-order valence-electron chi connectivity index (χ2n) is 3.91. The van der Waals surface area contributed by atoms with Crippen molar-refractivity contribution in [2.45, 2.75) is 0 Å². The van der Waals surface area contributed by atoms with Gasteiger partial charge in [-0.1, -0.05) is 6.07 Å². The molecular weight excluding hydrogens is 260 g/mol. The molecule has 6 heteroatoms. The van der Waals surface area contributed by atoms with Crippen molar-refractivity contribution in [3.8, 4) is 11.5 Å². The van der Waals surface area contributed by atoms with E-state index in [-0.39, 0.29) is 5.11 Å². The zero-order valence-corrected chi connectivity index (χ0v) is 10.6. The number of rotatable bonds is 2. The highest BCUT2D eigenvalue weighted by Crippen LogP contribution is 2.25. The fourth-order valence-corrected chi connectivity index (χ4v) is 1.88. The Hall–Kier alpha value is -2.47. The Morgan fingerprint density at radius 1 is 1.26 bits per heavy atom. The predicted octanol–water partition coefficient (Wildman–Crippen LogP) is 2.55. The van der Waals surface area contributed by atoms with Crippen LogP contribution in [-0.2, 0) is 0 Å². The third kappa shape index (κ3) is 2.38. The first-order valence-electron chi connectivity index (χ1n) is 5.61. The van der Waals surface area contributed by atoms with E-state index in [0.717, 1.165) is 11.3 Å². The molecule has 0 radical (unpaired) electrons. The van der Waals surface area contributed by atoms with E-state index >= 15 is 0 Å². The summed E-state index contributed by atoms with van der Waals surface area (Å²) in [4.78, 5) is 8.47. The molecule has 0 unspecified atom stereocenters. The SMILES string of the molecule is NC(=S)Nc1cccc(-c2nc3ncccc3o2)c1. The fourth-order valence-electron chi connectivity index (χ4n) is 1.76. The van der Waals surface area contributed by atoms with Gasteiger partial charge < -0.3 is 15.5 Å². The lowest BCUT2D eigenvalue weighted by molar-refractivity contribution is 0.619. The first kappa shape index (κ1) is 11.6. The van der Waals surface area contributed by atoms with Gasteiger partial charge in [0.15, 0.2) is 16.3 Å². The molecule has 0 aliphatic heterocycles. The van der Waals surface area contributed by atoms with Gasteiger partial charge in [0, 0.05) is 17.4 Å². The van der Waals surface area contributed by atoms with Crippen LogP contribution in [0.1, 0.15) is 0 Å². The molecule has 0 saturated heterocycles. The maximum Gasteiger partial charge on any atom is 0.228 e. The highest BCUT2D eigenvalue weighted by atomic mass is 32.1. The van der Waals surface area contributed by atoms with Crippen molar-refractivity contribution >= 4 is 34.2 Å². The van der Waals surface area contributed by atoms with Gasteiger partial charge in [-0.2, -0.15) is 4.98 Å². The molecule has 0 saturated carbocycles. The maximum atomic E-state index is 5.65. The van der Waals surface area contributed by atoms with Gasteiger partial charge in [0.1, 0.15) is 0 Å². The van der Waals surface area contributed by atoms with Crippen LogP contribution < -0.4 is 11.1 Å². The molecule has 94 valence electrons.